The maximum atomic E-state index is 12.9. The van der Waals surface area contributed by atoms with Crippen LogP contribution in [0.25, 0.3) is 0 Å². The van der Waals surface area contributed by atoms with Crippen molar-refractivity contribution in [2.75, 3.05) is 23.0 Å². The van der Waals surface area contributed by atoms with Gasteiger partial charge in [0, 0.05) is 0 Å². The molecule has 7 nitrogen and oxygen atoms in total. The van der Waals surface area contributed by atoms with Gasteiger partial charge in [0.1, 0.15) is 6.04 Å². The Kier molecular flexibility index (Phi) is 6.45. The lowest BCUT2D eigenvalue weighted by Crippen LogP contribution is -2.45. The number of esters is 1. The number of nitrogens with one attached hydrogen (secondary N) is 1. The highest BCUT2D eigenvalue weighted by Gasteiger charge is 2.30. The molecule has 0 saturated carbocycles. The Morgan fingerprint density at radius 1 is 1.11 bits per heavy atom. The van der Waals surface area contributed by atoms with Crippen molar-refractivity contribution in [1.29, 1.82) is 0 Å². The molecule has 0 aromatic heterocycles. The zero-order valence-electron chi connectivity index (χ0n) is 16.5. The van der Waals surface area contributed by atoms with Crippen molar-refractivity contribution >= 4 is 33.3 Å². The summed E-state index contributed by atoms with van der Waals surface area (Å²) in [5, 5.41) is 2.64. The molecular formula is C20H24N2O5S. The van der Waals surface area contributed by atoms with Crippen LogP contribution in [-0.2, 0) is 19.6 Å². The fraction of sp³-hybridized carbons (Fsp3) is 0.300. The normalized spacial score (nSPS) is 12.2. The zero-order chi connectivity index (χ0) is 21.1. The number of methoxy groups -OCH3 is 1. The Morgan fingerprint density at radius 2 is 1.75 bits per heavy atom. The highest BCUT2D eigenvalue weighted by molar-refractivity contribution is 7.92. The quantitative estimate of drug-likeness (QED) is 0.748. The van der Waals surface area contributed by atoms with Crippen molar-refractivity contribution in [1.82, 2.24) is 0 Å². The van der Waals surface area contributed by atoms with Gasteiger partial charge < -0.3 is 10.1 Å². The average Bonchev–Trinajstić information content (AvgIpc) is 2.63. The number of benzene rings is 2. The number of hydrogen-bond acceptors (Lipinski definition) is 5. The maximum Gasteiger partial charge on any atom is 0.339 e. The Hall–Kier alpha value is -2.87. The fourth-order valence-corrected chi connectivity index (χ4v) is 4.08. The van der Waals surface area contributed by atoms with Crippen LogP contribution in [0.15, 0.2) is 42.5 Å². The molecule has 0 bridgehead atoms. The first-order chi connectivity index (χ1) is 13.1. The van der Waals surface area contributed by atoms with E-state index in [-0.39, 0.29) is 11.3 Å². The van der Waals surface area contributed by atoms with Crippen molar-refractivity contribution in [2.45, 2.75) is 26.8 Å². The number of ether oxygens (including phenoxy) is 1. The van der Waals surface area contributed by atoms with Crippen LogP contribution in [0.5, 0.6) is 0 Å². The van der Waals surface area contributed by atoms with Gasteiger partial charge in [-0.1, -0.05) is 24.3 Å². The summed E-state index contributed by atoms with van der Waals surface area (Å²) >= 11 is 0. The molecule has 0 saturated heterocycles. The van der Waals surface area contributed by atoms with E-state index in [1.165, 1.54) is 20.1 Å². The van der Waals surface area contributed by atoms with Gasteiger partial charge in [-0.05, 0) is 50.1 Å². The van der Waals surface area contributed by atoms with E-state index in [0.29, 0.717) is 5.69 Å². The number of sulfonamides is 1. The van der Waals surface area contributed by atoms with Gasteiger partial charge in [0.15, 0.2) is 0 Å². The Morgan fingerprint density at radius 3 is 2.36 bits per heavy atom. The molecule has 0 unspecified atom stereocenters. The zero-order valence-corrected chi connectivity index (χ0v) is 17.3. The van der Waals surface area contributed by atoms with Gasteiger partial charge in [-0.3, -0.25) is 9.10 Å². The molecule has 0 spiro atoms. The Labute approximate surface area is 165 Å². The highest BCUT2D eigenvalue weighted by atomic mass is 32.2. The van der Waals surface area contributed by atoms with E-state index in [0.717, 1.165) is 21.7 Å². The summed E-state index contributed by atoms with van der Waals surface area (Å²) in [5.74, 6) is -1.17. The summed E-state index contributed by atoms with van der Waals surface area (Å²) < 4.78 is 30.8. The minimum Gasteiger partial charge on any atom is -0.465 e. The van der Waals surface area contributed by atoms with Gasteiger partial charge in [-0.25, -0.2) is 13.2 Å². The van der Waals surface area contributed by atoms with Gasteiger partial charge in [0.05, 0.1) is 30.3 Å². The Balaban J connectivity index is 2.41. The third kappa shape index (κ3) is 4.69. The number of carbonyl (C=O) groups is 2. The van der Waals surface area contributed by atoms with Gasteiger partial charge in [0.25, 0.3) is 0 Å². The van der Waals surface area contributed by atoms with Gasteiger partial charge >= 0.3 is 5.97 Å². The van der Waals surface area contributed by atoms with E-state index < -0.39 is 27.9 Å². The van der Waals surface area contributed by atoms with E-state index in [2.05, 4.69) is 5.32 Å². The monoisotopic (exact) mass is 404 g/mol. The largest absolute Gasteiger partial charge is 0.465 e. The molecule has 8 heteroatoms. The number of hydrogen-bond donors (Lipinski definition) is 1. The number of rotatable bonds is 6. The molecule has 0 aliphatic rings. The average molecular weight is 404 g/mol. The summed E-state index contributed by atoms with van der Waals surface area (Å²) in [6, 6.07) is 10.7. The minimum atomic E-state index is -3.74. The fourth-order valence-electron chi connectivity index (χ4n) is 2.86. The van der Waals surface area contributed by atoms with Gasteiger partial charge in [-0.2, -0.15) is 0 Å². The van der Waals surface area contributed by atoms with E-state index in [4.69, 9.17) is 4.74 Å². The van der Waals surface area contributed by atoms with E-state index >= 15 is 0 Å². The lowest BCUT2D eigenvalue weighted by atomic mass is 10.1. The molecule has 2 aromatic carbocycles. The molecule has 0 heterocycles. The van der Waals surface area contributed by atoms with Crippen molar-refractivity contribution < 1.29 is 22.7 Å². The second kappa shape index (κ2) is 8.43. The molecular weight excluding hydrogens is 380 g/mol. The molecule has 150 valence electrons. The van der Waals surface area contributed by atoms with Crippen LogP contribution in [0.4, 0.5) is 11.4 Å². The second-order valence-electron chi connectivity index (χ2n) is 6.55. The van der Waals surface area contributed by atoms with Gasteiger partial charge in [0.2, 0.25) is 15.9 Å². The minimum absolute atomic E-state index is 0.184. The molecule has 28 heavy (non-hydrogen) atoms. The van der Waals surface area contributed by atoms with Crippen LogP contribution in [0.1, 0.15) is 28.4 Å². The number of para-hydroxylation sites is 1. The predicted octanol–water partition coefficient (Wildman–Crippen LogP) is 2.88. The number of nitrogens with zero attached hydrogens (tertiary/aromatic N) is 1. The SMILES string of the molecule is COC(=O)c1ccccc1NC(=O)[C@H](C)N(c1cc(C)ccc1C)S(C)(=O)=O. The van der Waals surface area contributed by atoms with Crippen LogP contribution in [-0.4, -0.2) is 39.7 Å². The number of amides is 1. The molecule has 2 aromatic rings. The van der Waals surface area contributed by atoms with Crippen LogP contribution in [0.2, 0.25) is 0 Å². The van der Waals surface area contributed by atoms with Crippen LogP contribution in [0.3, 0.4) is 0 Å². The molecule has 0 aliphatic carbocycles. The summed E-state index contributed by atoms with van der Waals surface area (Å²) in [6.07, 6.45) is 1.06. The highest BCUT2D eigenvalue weighted by Crippen LogP contribution is 2.27. The van der Waals surface area contributed by atoms with Crippen molar-refractivity contribution in [3.8, 4) is 0 Å². The topological polar surface area (TPSA) is 92.8 Å². The summed E-state index contributed by atoms with van der Waals surface area (Å²) in [7, 11) is -2.50. The lowest BCUT2D eigenvalue weighted by molar-refractivity contribution is -0.116. The second-order valence-corrected chi connectivity index (χ2v) is 8.41. The smallest absolute Gasteiger partial charge is 0.339 e. The first kappa shape index (κ1) is 21.4. The van der Waals surface area contributed by atoms with E-state index in [9.17, 15) is 18.0 Å². The first-order valence-electron chi connectivity index (χ1n) is 8.61. The summed E-state index contributed by atoms with van der Waals surface area (Å²) in [6.45, 7) is 5.13. The summed E-state index contributed by atoms with van der Waals surface area (Å²) in [4.78, 5) is 24.8. The molecule has 1 amide bonds. The first-order valence-corrected chi connectivity index (χ1v) is 10.5. The standard InChI is InChI=1S/C20H24N2O5S/c1-13-10-11-14(2)18(12-13)22(28(5,25)26)15(3)19(23)21-17-9-7-6-8-16(17)20(24)27-4/h6-12,15H,1-5H3,(H,21,23)/t15-/m0/s1. The number of aryl methyl sites for hydroxylation is 2. The van der Waals surface area contributed by atoms with E-state index in [1.807, 2.05) is 13.0 Å². The molecule has 0 aliphatic heterocycles. The van der Waals surface area contributed by atoms with Crippen molar-refractivity contribution in [2.24, 2.45) is 0 Å². The van der Waals surface area contributed by atoms with Crippen molar-refractivity contribution in [3.63, 3.8) is 0 Å². The Bertz CT molecular complexity index is 1000. The van der Waals surface area contributed by atoms with Crippen LogP contribution >= 0.6 is 0 Å². The van der Waals surface area contributed by atoms with E-state index in [1.54, 1.807) is 37.3 Å². The van der Waals surface area contributed by atoms with Crippen LogP contribution < -0.4 is 9.62 Å². The van der Waals surface area contributed by atoms with Crippen molar-refractivity contribution in [3.05, 3.63) is 59.2 Å². The third-order valence-corrected chi connectivity index (χ3v) is 5.51. The molecule has 0 radical (unpaired) electrons. The lowest BCUT2D eigenvalue weighted by Gasteiger charge is -2.30. The number of anilines is 2. The van der Waals surface area contributed by atoms with Crippen LogP contribution in [0, 0.1) is 13.8 Å². The molecule has 2 rings (SSSR count). The third-order valence-electron chi connectivity index (χ3n) is 4.28. The predicted molar refractivity (Wildman–Crippen MR) is 109 cm³/mol. The molecule has 0 fully saturated rings. The number of carbonyl (C=O) groups excluding carboxylic acids is 2. The molecule has 1 N–H and O–H groups in total. The molecule has 1 atom stereocenters. The van der Waals surface area contributed by atoms with Gasteiger partial charge in [-0.15, -0.1) is 0 Å². The summed E-state index contributed by atoms with van der Waals surface area (Å²) in [5.41, 5.74) is 2.47. The maximum absolute atomic E-state index is 12.9.